The van der Waals surface area contributed by atoms with Crippen LogP contribution in [0.3, 0.4) is 0 Å². The molecule has 2 rings (SSSR count). The lowest BCUT2D eigenvalue weighted by Gasteiger charge is -2.33. The second-order valence-electron chi connectivity index (χ2n) is 4.66. The molecule has 1 heterocycles. The van der Waals surface area contributed by atoms with Gasteiger partial charge in [0, 0.05) is 19.1 Å². The minimum atomic E-state index is 0.0783. The average Bonchev–Trinajstić information content (AvgIpc) is 3.09. The molecule has 1 atom stereocenters. The molecule has 1 aliphatic heterocycles. The standard InChI is InChI=1S/C11H19ClN2O/c12-6-11(15)14-5-1-2-10(8-14)13-7-9-3-4-9/h9-10,13H,1-8H2. The lowest BCUT2D eigenvalue weighted by atomic mass is 10.1. The molecular weight excluding hydrogens is 212 g/mol. The van der Waals surface area contributed by atoms with Gasteiger partial charge in [0.1, 0.15) is 5.88 Å². The van der Waals surface area contributed by atoms with Gasteiger partial charge in [0.15, 0.2) is 0 Å². The Morgan fingerprint density at radius 1 is 1.40 bits per heavy atom. The van der Waals surface area contributed by atoms with Crippen molar-refractivity contribution < 1.29 is 4.79 Å². The third-order valence-electron chi connectivity index (χ3n) is 3.28. The molecule has 0 aromatic heterocycles. The predicted octanol–water partition coefficient (Wildman–Crippen LogP) is 1.22. The molecule has 0 aromatic rings. The van der Waals surface area contributed by atoms with Crippen molar-refractivity contribution in [1.29, 1.82) is 0 Å². The number of alkyl halides is 1. The van der Waals surface area contributed by atoms with Crippen molar-refractivity contribution in [2.45, 2.75) is 31.7 Å². The molecule has 0 bridgehead atoms. The molecule has 3 nitrogen and oxygen atoms in total. The number of nitrogens with zero attached hydrogens (tertiary/aromatic N) is 1. The molecule has 1 unspecified atom stereocenters. The van der Waals surface area contributed by atoms with Gasteiger partial charge in [0.05, 0.1) is 0 Å². The quantitative estimate of drug-likeness (QED) is 0.737. The van der Waals surface area contributed by atoms with Crippen molar-refractivity contribution >= 4 is 17.5 Å². The van der Waals surface area contributed by atoms with E-state index in [-0.39, 0.29) is 11.8 Å². The summed E-state index contributed by atoms with van der Waals surface area (Å²) in [5.74, 6) is 1.11. The van der Waals surface area contributed by atoms with Crippen LogP contribution in [0.25, 0.3) is 0 Å². The Kier molecular flexibility index (Phi) is 3.87. The Morgan fingerprint density at radius 2 is 2.20 bits per heavy atom. The van der Waals surface area contributed by atoms with E-state index >= 15 is 0 Å². The van der Waals surface area contributed by atoms with Crippen LogP contribution in [0.5, 0.6) is 0 Å². The zero-order valence-electron chi connectivity index (χ0n) is 9.04. The number of rotatable bonds is 4. The van der Waals surface area contributed by atoms with Gasteiger partial charge in [-0.15, -0.1) is 11.6 Å². The van der Waals surface area contributed by atoms with Gasteiger partial charge in [-0.3, -0.25) is 4.79 Å². The Hall–Kier alpha value is -0.280. The van der Waals surface area contributed by atoms with Crippen LogP contribution >= 0.6 is 11.6 Å². The summed E-state index contributed by atoms with van der Waals surface area (Å²) in [6.45, 7) is 2.86. The number of piperidine rings is 1. The topological polar surface area (TPSA) is 32.3 Å². The van der Waals surface area contributed by atoms with Crippen LogP contribution in [0.15, 0.2) is 0 Å². The molecule has 0 aromatic carbocycles. The molecule has 1 saturated carbocycles. The molecule has 86 valence electrons. The van der Waals surface area contributed by atoms with Gasteiger partial charge in [-0.25, -0.2) is 0 Å². The third-order valence-corrected chi connectivity index (χ3v) is 3.51. The summed E-state index contributed by atoms with van der Waals surface area (Å²) in [6.07, 6.45) is 5.05. The van der Waals surface area contributed by atoms with Crippen LogP contribution in [0.4, 0.5) is 0 Å². The van der Waals surface area contributed by atoms with E-state index < -0.39 is 0 Å². The fraction of sp³-hybridized carbons (Fsp3) is 0.909. The Morgan fingerprint density at radius 3 is 2.87 bits per heavy atom. The van der Waals surface area contributed by atoms with Gasteiger partial charge in [0.25, 0.3) is 0 Å². The Bertz CT molecular complexity index is 231. The van der Waals surface area contributed by atoms with E-state index in [1.807, 2.05) is 4.90 Å². The maximum atomic E-state index is 11.4. The molecule has 1 N–H and O–H groups in total. The molecule has 2 fully saturated rings. The van der Waals surface area contributed by atoms with Gasteiger partial charge < -0.3 is 10.2 Å². The van der Waals surface area contributed by atoms with Gasteiger partial charge in [-0.2, -0.15) is 0 Å². The third kappa shape index (κ3) is 3.35. The number of halogens is 1. The average molecular weight is 231 g/mol. The van der Waals surface area contributed by atoms with Crippen LogP contribution in [0.1, 0.15) is 25.7 Å². The summed E-state index contributed by atoms with van der Waals surface area (Å²) in [7, 11) is 0. The first kappa shape index (κ1) is 11.2. The summed E-state index contributed by atoms with van der Waals surface area (Å²) in [4.78, 5) is 13.3. The Labute approximate surface area is 96.2 Å². The highest BCUT2D eigenvalue weighted by Gasteiger charge is 2.26. The number of hydrogen-bond donors (Lipinski definition) is 1. The lowest BCUT2D eigenvalue weighted by molar-refractivity contribution is -0.129. The highest BCUT2D eigenvalue weighted by atomic mass is 35.5. The van der Waals surface area contributed by atoms with Crippen LogP contribution < -0.4 is 5.32 Å². The van der Waals surface area contributed by atoms with Crippen LogP contribution in [-0.4, -0.2) is 42.4 Å². The molecule has 1 aliphatic carbocycles. The highest BCUT2D eigenvalue weighted by molar-refractivity contribution is 6.27. The number of amides is 1. The summed E-state index contributed by atoms with van der Waals surface area (Å²) in [6, 6.07) is 0.492. The first-order valence-corrected chi connectivity index (χ1v) is 6.40. The normalized spacial score (nSPS) is 26.7. The first-order valence-electron chi connectivity index (χ1n) is 5.86. The fourth-order valence-corrected chi connectivity index (χ4v) is 2.28. The van der Waals surface area contributed by atoms with E-state index in [0.29, 0.717) is 6.04 Å². The molecule has 15 heavy (non-hydrogen) atoms. The van der Waals surface area contributed by atoms with Gasteiger partial charge in [-0.05, 0) is 38.1 Å². The predicted molar refractivity (Wildman–Crippen MR) is 61.0 cm³/mol. The summed E-state index contributed by atoms with van der Waals surface area (Å²) >= 11 is 5.56. The lowest BCUT2D eigenvalue weighted by Crippen LogP contribution is -2.48. The number of carbonyl (C=O) groups excluding carboxylic acids is 1. The molecule has 1 amide bonds. The van der Waals surface area contributed by atoms with Crippen LogP contribution in [-0.2, 0) is 4.79 Å². The minimum absolute atomic E-state index is 0.0783. The van der Waals surface area contributed by atoms with Crippen molar-refractivity contribution in [2.24, 2.45) is 5.92 Å². The molecule has 1 saturated heterocycles. The second kappa shape index (κ2) is 5.17. The SMILES string of the molecule is O=C(CCl)N1CCCC(NCC2CC2)C1. The molecule has 0 spiro atoms. The minimum Gasteiger partial charge on any atom is -0.340 e. The van der Waals surface area contributed by atoms with E-state index in [0.717, 1.165) is 32.0 Å². The summed E-state index contributed by atoms with van der Waals surface area (Å²) in [5, 5.41) is 3.56. The van der Waals surface area contributed by atoms with E-state index in [2.05, 4.69) is 5.32 Å². The van der Waals surface area contributed by atoms with Crippen molar-refractivity contribution in [3.8, 4) is 0 Å². The molecular formula is C11H19ClN2O. The number of hydrogen-bond acceptors (Lipinski definition) is 2. The van der Waals surface area contributed by atoms with Crippen molar-refractivity contribution in [3.63, 3.8) is 0 Å². The first-order chi connectivity index (χ1) is 7.29. The second-order valence-corrected chi connectivity index (χ2v) is 4.93. The maximum absolute atomic E-state index is 11.4. The molecule has 4 heteroatoms. The number of nitrogens with one attached hydrogen (secondary N) is 1. The van der Waals surface area contributed by atoms with Crippen LogP contribution in [0, 0.1) is 5.92 Å². The highest BCUT2D eigenvalue weighted by Crippen LogP contribution is 2.28. The summed E-state index contributed by atoms with van der Waals surface area (Å²) in [5.41, 5.74) is 0. The van der Waals surface area contributed by atoms with Crippen molar-refractivity contribution in [2.75, 3.05) is 25.5 Å². The van der Waals surface area contributed by atoms with Crippen molar-refractivity contribution in [3.05, 3.63) is 0 Å². The fourth-order valence-electron chi connectivity index (χ4n) is 2.11. The van der Waals surface area contributed by atoms with Gasteiger partial charge in [0.2, 0.25) is 5.91 Å². The smallest absolute Gasteiger partial charge is 0.237 e. The summed E-state index contributed by atoms with van der Waals surface area (Å²) < 4.78 is 0. The van der Waals surface area contributed by atoms with E-state index in [1.165, 1.54) is 19.3 Å². The van der Waals surface area contributed by atoms with E-state index in [4.69, 9.17) is 11.6 Å². The van der Waals surface area contributed by atoms with E-state index in [1.54, 1.807) is 0 Å². The zero-order valence-corrected chi connectivity index (χ0v) is 9.80. The zero-order chi connectivity index (χ0) is 10.7. The Balaban J connectivity index is 1.72. The number of likely N-dealkylation sites (tertiary alicyclic amines) is 1. The van der Waals surface area contributed by atoms with E-state index in [9.17, 15) is 4.79 Å². The monoisotopic (exact) mass is 230 g/mol. The molecule has 2 aliphatic rings. The van der Waals surface area contributed by atoms with Gasteiger partial charge in [-0.1, -0.05) is 0 Å². The maximum Gasteiger partial charge on any atom is 0.237 e. The number of carbonyl (C=O) groups is 1. The van der Waals surface area contributed by atoms with Crippen molar-refractivity contribution in [1.82, 2.24) is 10.2 Å². The van der Waals surface area contributed by atoms with Crippen LogP contribution in [0.2, 0.25) is 0 Å². The van der Waals surface area contributed by atoms with Gasteiger partial charge >= 0.3 is 0 Å². The molecule has 0 radical (unpaired) electrons. The largest absolute Gasteiger partial charge is 0.340 e.